The molecule has 0 aromatic heterocycles. The Hall–Kier alpha value is -1.73. The van der Waals surface area contributed by atoms with Crippen molar-refractivity contribution in [3.05, 3.63) is 59.2 Å². The minimum absolute atomic E-state index is 0.0767. The summed E-state index contributed by atoms with van der Waals surface area (Å²) in [5.74, 6) is 0.363. The van der Waals surface area contributed by atoms with E-state index in [1.807, 2.05) is 0 Å². The summed E-state index contributed by atoms with van der Waals surface area (Å²) >= 11 is 0. The number of hydrogen-bond acceptors (Lipinski definition) is 3. The topological polar surface area (TPSA) is 43.4 Å². The van der Waals surface area contributed by atoms with Crippen molar-refractivity contribution in [1.29, 1.82) is 0 Å². The van der Waals surface area contributed by atoms with Gasteiger partial charge in [-0.1, -0.05) is 12.1 Å². The molecule has 1 aliphatic rings. The Balaban J connectivity index is 1.91. The van der Waals surface area contributed by atoms with Crippen molar-refractivity contribution in [3.8, 4) is 5.75 Å². The number of ether oxygens (including phenoxy) is 1. The average Bonchev–Trinajstić information content (AvgIpc) is 2.88. The number of rotatable bonds is 2. The third kappa shape index (κ3) is 3.30. The molecule has 1 heterocycles. The van der Waals surface area contributed by atoms with Crippen LogP contribution in [0.3, 0.4) is 0 Å². The molecular formula is C15H10ClF3O3S. The molecule has 122 valence electrons. The van der Waals surface area contributed by atoms with Gasteiger partial charge < -0.3 is 4.74 Å². The second-order valence-corrected chi connectivity index (χ2v) is 7.71. The number of halogens is 4. The number of benzene rings is 2. The van der Waals surface area contributed by atoms with Gasteiger partial charge in [0.25, 0.3) is 9.05 Å². The molecule has 3 nitrogen and oxygen atoms in total. The maximum Gasteiger partial charge on any atom is 0.416 e. The average molecular weight is 363 g/mol. The lowest BCUT2D eigenvalue weighted by Crippen LogP contribution is -2.05. The molecular weight excluding hydrogens is 353 g/mol. The van der Waals surface area contributed by atoms with E-state index < -0.39 is 26.9 Å². The van der Waals surface area contributed by atoms with Crippen LogP contribution in [0.15, 0.2) is 47.4 Å². The summed E-state index contributed by atoms with van der Waals surface area (Å²) in [7, 11) is 1.42. The summed E-state index contributed by atoms with van der Waals surface area (Å²) in [6.45, 7) is 0. The Bertz CT molecular complexity index is 863. The molecule has 0 aliphatic carbocycles. The molecule has 2 aromatic rings. The summed E-state index contributed by atoms with van der Waals surface area (Å²) < 4.78 is 66.6. The van der Waals surface area contributed by atoms with Crippen LogP contribution < -0.4 is 4.74 Å². The fraction of sp³-hybridized carbons (Fsp3) is 0.200. The van der Waals surface area contributed by atoms with Crippen molar-refractivity contribution in [2.45, 2.75) is 23.6 Å². The van der Waals surface area contributed by atoms with E-state index >= 15 is 0 Å². The van der Waals surface area contributed by atoms with Gasteiger partial charge in [0.2, 0.25) is 0 Å². The first-order valence-corrected chi connectivity index (χ1v) is 8.87. The molecule has 0 radical (unpaired) electrons. The fourth-order valence-corrected chi connectivity index (χ4v) is 3.28. The second-order valence-electron chi connectivity index (χ2n) is 5.14. The molecule has 3 rings (SSSR count). The maximum absolute atomic E-state index is 12.7. The monoisotopic (exact) mass is 362 g/mol. The largest absolute Gasteiger partial charge is 0.485 e. The van der Waals surface area contributed by atoms with Crippen molar-refractivity contribution in [2.75, 3.05) is 0 Å². The SMILES string of the molecule is O=S(=O)(Cl)c1cccc(C2Cc3cc(C(F)(F)F)ccc3O2)c1. The lowest BCUT2D eigenvalue weighted by molar-refractivity contribution is -0.137. The Kier molecular flexibility index (Phi) is 3.80. The van der Waals surface area contributed by atoms with Gasteiger partial charge in [0.05, 0.1) is 10.5 Å². The van der Waals surface area contributed by atoms with Crippen LogP contribution in [-0.2, 0) is 21.6 Å². The van der Waals surface area contributed by atoms with E-state index in [0.717, 1.165) is 12.1 Å². The first-order chi connectivity index (χ1) is 10.6. The van der Waals surface area contributed by atoms with Crippen LogP contribution in [0.2, 0.25) is 0 Å². The second kappa shape index (κ2) is 5.42. The third-order valence-corrected chi connectivity index (χ3v) is 4.93. The molecule has 2 aromatic carbocycles. The minimum atomic E-state index is -4.42. The number of hydrogen-bond donors (Lipinski definition) is 0. The molecule has 23 heavy (non-hydrogen) atoms. The maximum atomic E-state index is 12.7. The van der Waals surface area contributed by atoms with Gasteiger partial charge in [-0.15, -0.1) is 0 Å². The Labute approximate surface area is 135 Å². The molecule has 0 saturated carbocycles. The van der Waals surface area contributed by atoms with E-state index in [0.29, 0.717) is 16.9 Å². The van der Waals surface area contributed by atoms with Crippen LogP contribution in [0.1, 0.15) is 22.8 Å². The van der Waals surface area contributed by atoms with Crippen LogP contribution in [0, 0.1) is 0 Å². The Morgan fingerprint density at radius 1 is 1.13 bits per heavy atom. The zero-order valence-corrected chi connectivity index (χ0v) is 13.0. The van der Waals surface area contributed by atoms with E-state index in [9.17, 15) is 21.6 Å². The first kappa shape index (κ1) is 16.1. The summed E-state index contributed by atoms with van der Waals surface area (Å²) in [6, 6.07) is 9.16. The highest BCUT2D eigenvalue weighted by Crippen LogP contribution is 2.40. The summed E-state index contributed by atoms with van der Waals surface area (Å²) in [4.78, 5) is -0.0767. The van der Waals surface area contributed by atoms with E-state index in [2.05, 4.69) is 0 Å². The summed E-state index contributed by atoms with van der Waals surface area (Å²) in [6.07, 6.45) is -4.74. The predicted octanol–water partition coefficient (Wildman–Crippen LogP) is 4.31. The fourth-order valence-electron chi connectivity index (χ4n) is 2.48. The van der Waals surface area contributed by atoms with Crippen LogP contribution >= 0.6 is 10.7 Å². The van der Waals surface area contributed by atoms with Crippen molar-refractivity contribution >= 4 is 19.7 Å². The van der Waals surface area contributed by atoms with Crippen molar-refractivity contribution < 1.29 is 26.3 Å². The number of alkyl halides is 3. The van der Waals surface area contributed by atoms with E-state index in [1.165, 1.54) is 24.3 Å². The standard InChI is InChI=1S/C15H10ClF3O3S/c16-23(20,21)12-3-1-2-9(7-12)14-8-10-6-11(15(17,18)19)4-5-13(10)22-14/h1-7,14H,8H2. The van der Waals surface area contributed by atoms with Gasteiger partial charge in [-0.3, -0.25) is 0 Å². The quantitative estimate of drug-likeness (QED) is 0.748. The molecule has 0 spiro atoms. The Morgan fingerprint density at radius 2 is 1.87 bits per heavy atom. The van der Waals surface area contributed by atoms with Gasteiger partial charge in [-0.2, -0.15) is 13.2 Å². The zero-order chi connectivity index (χ0) is 16.8. The third-order valence-electron chi connectivity index (χ3n) is 3.57. The highest BCUT2D eigenvalue weighted by molar-refractivity contribution is 8.13. The van der Waals surface area contributed by atoms with Crippen LogP contribution in [0.25, 0.3) is 0 Å². The number of fused-ring (bicyclic) bond motifs is 1. The Morgan fingerprint density at radius 3 is 2.52 bits per heavy atom. The molecule has 1 atom stereocenters. The van der Waals surface area contributed by atoms with Crippen molar-refractivity contribution in [3.63, 3.8) is 0 Å². The predicted molar refractivity (Wildman–Crippen MR) is 78.0 cm³/mol. The van der Waals surface area contributed by atoms with Gasteiger partial charge >= 0.3 is 6.18 Å². The molecule has 1 unspecified atom stereocenters. The lowest BCUT2D eigenvalue weighted by atomic mass is 10.0. The molecule has 8 heteroatoms. The van der Waals surface area contributed by atoms with Gasteiger partial charge in [0.1, 0.15) is 11.9 Å². The van der Waals surface area contributed by atoms with Gasteiger partial charge in [-0.05, 0) is 41.5 Å². The van der Waals surface area contributed by atoms with E-state index in [1.54, 1.807) is 6.07 Å². The molecule has 0 fully saturated rings. The van der Waals surface area contributed by atoms with E-state index in [-0.39, 0.29) is 11.3 Å². The summed E-state index contributed by atoms with van der Waals surface area (Å²) in [5, 5.41) is 0. The van der Waals surface area contributed by atoms with E-state index in [4.69, 9.17) is 15.4 Å². The molecule has 1 aliphatic heterocycles. The summed E-state index contributed by atoms with van der Waals surface area (Å²) in [5.41, 5.74) is 0.234. The van der Waals surface area contributed by atoms with Gasteiger partial charge in [0, 0.05) is 17.1 Å². The minimum Gasteiger partial charge on any atom is -0.485 e. The highest BCUT2D eigenvalue weighted by Gasteiger charge is 2.33. The normalized spacial score (nSPS) is 17.7. The van der Waals surface area contributed by atoms with Gasteiger partial charge in [0.15, 0.2) is 0 Å². The van der Waals surface area contributed by atoms with Crippen molar-refractivity contribution in [1.82, 2.24) is 0 Å². The lowest BCUT2D eigenvalue weighted by Gasteiger charge is -2.11. The highest BCUT2D eigenvalue weighted by atomic mass is 35.7. The molecule has 0 amide bonds. The zero-order valence-electron chi connectivity index (χ0n) is 11.5. The molecule has 0 N–H and O–H groups in total. The first-order valence-electron chi connectivity index (χ1n) is 6.56. The smallest absolute Gasteiger partial charge is 0.416 e. The van der Waals surface area contributed by atoms with Gasteiger partial charge in [-0.25, -0.2) is 8.42 Å². The van der Waals surface area contributed by atoms with Crippen LogP contribution in [0.5, 0.6) is 5.75 Å². The van der Waals surface area contributed by atoms with Crippen LogP contribution in [-0.4, -0.2) is 8.42 Å². The molecule has 0 bridgehead atoms. The molecule has 0 saturated heterocycles. The van der Waals surface area contributed by atoms with Crippen molar-refractivity contribution in [2.24, 2.45) is 0 Å². The van der Waals surface area contributed by atoms with Crippen LogP contribution in [0.4, 0.5) is 13.2 Å².